The van der Waals surface area contributed by atoms with Crippen LogP contribution in [0.3, 0.4) is 0 Å². The number of carbonyl (C=O) groups is 2. The molecule has 0 aromatic heterocycles. The highest BCUT2D eigenvalue weighted by Gasteiger charge is 2.30. The van der Waals surface area contributed by atoms with Gasteiger partial charge in [0.15, 0.2) is 0 Å². The Balaban J connectivity index is 1.92. The highest BCUT2D eigenvalue weighted by Crippen LogP contribution is 2.48. The largest absolute Gasteiger partial charge is 0.352 e. The van der Waals surface area contributed by atoms with E-state index in [1.165, 1.54) is 22.5 Å². The molecule has 0 fully saturated rings. The van der Waals surface area contributed by atoms with Crippen LogP contribution in [0.25, 0.3) is 22.3 Å². The van der Waals surface area contributed by atoms with Crippen molar-refractivity contribution in [1.29, 1.82) is 0 Å². The molecule has 3 aromatic carbocycles. The summed E-state index contributed by atoms with van der Waals surface area (Å²) in [6, 6.07) is 19.8. The molecule has 29 heavy (non-hydrogen) atoms. The zero-order valence-electron chi connectivity index (χ0n) is 16.8. The van der Waals surface area contributed by atoms with Crippen LogP contribution in [-0.4, -0.2) is 32.3 Å². The number of hydrogen-bond acceptors (Lipinski definition) is 4. The fourth-order valence-electron chi connectivity index (χ4n) is 4.03. The van der Waals surface area contributed by atoms with Crippen molar-refractivity contribution in [3.8, 4) is 22.3 Å². The van der Waals surface area contributed by atoms with Gasteiger partial charge in [0, 0.05) is 35.3 Å². The molecule has 0 bridgehead atoms. The average Bonchev–Trinajstić information content (AvgIpc) is 3.18. The van der Waals surface area contributed by atoms with Crippen molar-refractivity contribution in [3.63, 3.8) is 0 Å². The first-order chi connectivity index (χ1) is 14.2. The molecule has 1 heterocycles. The summed E-state index contributed by atoms with van der Waals surface area (Å²) in [5.41, 5.74) is 8.36. The van der Waals surface area contributed by atoms with E-state index in [2.05, 4.69) is 35.8 Å². The van der Waals surface area contributed by atoms with E-state index >= 15 is 0 Å². The Morgan fingerprint density at radius 2 is 1.03 bits per heavy atom. The molecule has 0 aliphatic carbocycles. The lowest BCUT2D eigenvalue weighted by Gasteiger charge is -2.20. The van der Waals surface area contributed by atoms with Crippen LogP contribution in [0, 0.1) is 0 Å². The minimum absolute atomic E-state index is 0.680. The first kappa shape index (κ1) is 18.9. The Kier molecular flexibility index (Phi) is 5.17. The molecule has 146 valence electrons. The van der Waals surface area contributed by atoms with Crippen LogP contribution in [0.4, 0.5) is 11.4 Å². The molecule has 0 spiro atoms. The molecule has 0 N–H and O–H groups in total. The SMILES string of the molecule is CCN1CN(CC)c2c(-c3ccc(C=O)cc3)ccc(-c3ccc(C=O)cc3)c21. The molecule has 0 atom stereocenters. The summed E-state index contributed by atoms with van der Waals surface area (Å²) in [5.74, 6) is 0. The molecule has 4 heteroatoms. The van der Waals surface area contributed by atoms with E-state index in [9.17, 15) is 9.59 Å². The number of anilines is 2. The molecular weight excluding hydrogens is 360 g/mol. The van der Waals surface area contributed by atoms with Crippen LogP contribution in [0.2, 0.25) is 0 Å². The van der Waals surface area contributed by atoms with Crippen LogP contribution in [-0.2, 0) is 0 Å². The maximum atomic E-state index is 11.0. The Morgan fingerprint density at radius 3 is 1.34 bits per heavy atom. The summed E-state index contributed by atoms with van der Waals surface area (Å²) in [5, 5.41) is 0. The van der Waals surface area contributed by atoms with Crippen molar-refractivity contribution in [2.75, 3.05) is 29.6 Å². The lowest BCUT2D eigenvalue weighted by atomic mass is 9.94. The third-order valence-electron chi connectivity index (χ3n) is 5.60. The Labute approximate surface area is 171 Å². The van der Waals surface area contributed by atoms with E-state index in [1.807, 2.05) is 48.5 Å². The minimum Gasteiger partial charge on any atom is -0.352 e. The summed E-state index contributed by atoms with van der Waals surface area (Å²) >= 11 is 0. The first-order valence-electron chi connectivity index (χ1n) is 9.98. The van der Waals surface area contributed by atoms with Crippen molar-refractivity contribution in [3.05, 3.63) is 71.8 Å². The summed E-state index contributed by atoms with van der Waals surface area (Å²) in [6.45, 7) is 7.03. The number of fused-ring (bicyclic) bond motifs is 1. The maximum absolute atomic E-state index is 11.0. The molecule has 1 aliphatic heterocycles. The van der Waals surface area contributed by atoms with Gasteiger partial charge in [0.05, 0.1) is 18.0 Å². The fraction of sp³-hybridized carbons (Fsp3) is 0.200. The minimum atomic E-state index is 0.680. The number of nitrogens with zero attached hydrogens (tertiary/aromatic N) is 2. The van der Waals surface area contributed by atoms with Gasteiger partial charge in [-0.05, 0) is 25.0 Å². The predicted molar refractivity (Wildman–Crippen MR) is 119 cm³/mol. The molecule has 0 saturated heterocycles. The summed E-state index contributed by atoms with van der Waals surface area (Å²) < 4.78 is 0. The molecule has 3 aromatic rings. The zero-order chi connectivity index (χ0) is 20.4. The Morgan fingerprint density at radius 1 is 0.655 bits per heavy atom. The van der Waals surface area contributed by atoms with Gasteiger partial charge in [-0.2, -0.15) is 0 Å². The van der Waals surface area contributed by atoms with Crippen LogP contribution in [0.1, 0.15) is 34.6 Å². The van der Waals surface area contributed by atoms with E-state index in [-0.39, 0.29) is 0 Å². The highest BCUT2D eigenvalue weighted by atomic mass is 16.1. The van der Waals surface area contributed by atoms with Gasteiger partial charge in [-0.3, -0.25) is 9.59 Å². The van der Waals surface area contributed by atoms with E-state index in [0.29, 0.717) is 11.1 Å². The van der Waals surface area contributed by atoms with Gasteiger partial charge in [-0.15, -0.1) is 0 Å². The van der Waals surface area contributed by atoms with E-state index in [0.717, 1.165) is 43.5 Å². The molecule has 0 saturated carbocycles. The van der Waals surface area contributed by atoms with Gasteiger partial charge < -0.3 is 9.80 Å². The second kappa shape index (κ2) is 7.92. The van der Waals surface area contributed by atoms with Crippen LogP contribution in [0.15, 0.2) is 60.7 Å². The molecule has 1 aliphatic rings. The van der Waals surface area contributed by atoms with Crippen molar-refractivity contribution in [2.24, 2.45) is 0 Å². The average molecular weight is 384 g/mol. The normalized spacial score (nSPS) is 12.8. The Hall–Kier alpha value is -3.40. The van der Waals surface area contributed by atoms with Gasteiger partial charge in [0.1, 0.15) is 12.6 Å². The number of aldehydes is 2. The van der Waals surface area contributed by atoms with Gasteiger partial charge in [0.25, 0.3) is 0 Å². The van der Waals surface area contributed by atoms with Crippen molar-refractivity contribution < 1.29 is 9.59 Å². The second-order valence-corrected chi connectivity index (χ2v) is 7.19. The van der Waals surface area contributed by atoms with Gasteiger partial charge >= 0.3 is 0 Å². The third-order valence-corrected chi connectivity index (χ3v) is 5.60. The molecule has 0 unspecified atom stereocenters. The first-order valence-corrected chi connectivity index (χ1v) is 9.98. The smallest absolute Gasteiger partial charge is 0.150 e. The molecule has 0 radical (unpaired) electrons. The fourth-order valence-corrected chi connectivity index (χ4v) is 4.03. The summed E-state index contributed by atoms with van der Waals surface area (Å²) in [7, 11) is 0. The number of hydrogen-bond donors (Lipinski definition) is 0. The number of benzene rings is 3. The molecule has 4 rings (SSSR count). The van der Waals surface area contributed by atoms with E-state index < -0.39 is 0 Å². The highest BCUT2D eigenvalue weighted by molar-refractivity contribution is 5.99. The molecular formula is C25H24N2O2. The number of rotatable bonds is 6. The topological polar surface area (TPSA) is 40.6 Å². The summed E-state index contributed by atoms with van der Waals surface area (Å²) in [6.07, 6.45) is 1.74. The van der Waals surface area contributed by atoms with Gasteiger partial charge in [0.2, 0.25) is 0 Å². The standard InChI is InChI=1S/C25H24N2O2/c1-3-26-17-27(4-2)25-23(21-11-7-19(16-29)8-12-21)14-13-22(24(25)26)20-9-5-18(15-28)6-10-20/h5-16H,3-4,17H2,1-2H3. The maximum Gasteiger partial charge on any atom is 0.150 e. The zero-order valence-corrected chi connectivity index (χ0v) is 16.8. The van der Waals surface area contributed by atoms with Crippen LogP contribution >= 0.6 is 0 Å². The van der Waals surface area contributed by atoms with Crippen LogP contribution < -0.4 is 9.80 Å². The molecule has 0 amide bonds. The van der Waals surface area contributed by atoms with E-state index in [1.54, 1.807) is 0 Å². The lowest BCUT2D eigenvalue weighted by Crippen LogP contribution is -2.30. The third kappa shape index (κ3) is 3.31. The predicted octanol–water partition coefficient (Wildman–Crippen LogP) is 5.27. The Bertz CT molecular complexity index is 955. The number of carbonyl (C=O) groups excluding carboxylic acids is 2. The molecule has 4 nitrogen and oxygen atoms in total. The van der Waals surface area contributed by atoms with Gasteiger partial charge in [-0.1, -0.05) is 60.7 Å². The van der Waals surface area contributed by atoms with E-state index in [4.69, 9.17) is 0 Å². The summed E-state index contributed by atoms with van der Waals surface area (Å²) in [4.78, 5) is 26.9. The quantitative estimate of drug-likeness (QED) is 0.543. The van der Waals surface area contributed by atoms with Crippen molar-refractivity contribution in [2.45, 2.75) is 13.8 Å². The van der Waals surface area contributed by atoms with Crippen molar-refractivity contribution >= 4 is 23.9 Å². The lowest BCUT2D eigenvalue weighted by molar-refractivity contribution is 0.111. The second-order valence-electron chi connectivity index (χ2n) is 7.19. The monoisotopic (exact) mass is 384 g/mol. The van der Waals surface area contributed by atoms with Gasteiger partial charge in [-0.25, -0.2) is 0 Å². The van der Waals surface area contributed by atoms with Crippen molar-refractivity contribution in [1.82, 2.24) is 0 Å². The van der Waals surface area contributed by atoms with Crippen LogP contribution in [0.5, 0.6) is 0 Å².